The van der Waals surface area contributed by atoms with Crippen LogP contribution in [0.5, 0.6) is 0 Å². The van der Waals surface area contributed by atoms with Crippen LogP contribution >= 0.6 is 0 Å². The zero-order valence-corrected chi connectivity index (χ0v) is 11.6. The van der Waals surface area contributed by atoms with E-state index in [2.05, 4.69) is 17.4 Å². The Morgan fingerprint density at radius 2 is 1.75 bits per heavy atom. The summed E-state index contributed by atoms with van der Waals surface area (Å²) >= 11 is 0. The van der Waals surface area contributed by atoms with Gasteiger partial charge in [0.25, 0.3) is 0 Å². The van der Waals surface area contributed by atoms with Crippen molar-refractivity contribution in [2.45, 2.75) is 31.5 Å². The number of anilines is 1. The fourth-order valence-corrected chi connectivity index (χ4v) is 2.99. The van der Waals surface area contributed by atoms with E-state index in [9.17, 15) is 5.11 Å². The molecule has 104 valence electrons. The second-order valence-corrected chi connectivity index (χ2v) is 5.43. The van der Waals surface area contributed by atoms with E-state index in [4.69, 9.17) is 5.73 Å². The Kier molecular flexibility index (Phi) is 3.47. The van der Waals surface area contributed by atoms with Gasteiger partial charge in [0.15, 0.2) is 0 Å². The summed E-state index contributed by atoms with van der Waals surface area (Å²) in [6.45, 7) is 1.79. The first-order valence-corrected chi connectivity index (χ1v) is 7.04. The minimum atomic E-state index is -0.482. The van der Waals surface area contributed by atoms with Gasteiger partial charge in [-0.25, -0.2) is 0 Å². The fourth-order valence-electron chi connectivity index (χ4n) is 2.99. The zero-order valence-electron chi connectivity index (χ0n) is 11.6. The van der Waals surface area contributed by atoms with Crippen molar-refractivity contribution in [3.63, 3.8) is 0 Å². The number of aliphatic hydroxyl groups is 1. The fraction of sp³-hybridized carbons (Fsp3) is 0.294. The Hall–Kier alpha value is -1.84. The predicted octanol–water partition coefficient (Wildman–Crippen LogP) is 3.30. The molecule has 4 N–H and O–H groups in total. The van der Waals surface area contributed by atoms with Crippen LogP contribution < -0.4 is 11.1 Å². The third-order valence-electron chi connectivity index (χ3n) is 4.00. The van der Waals surface area contributed by atoms with Crippen molar-refractivity contribution in [3.8, 4) is 0 Å². The van der Waals surface area contributed by atoms with Crippen LogP contribution in [0.1, 0.15) is 48.2 Å². The van der Waals surface area contributed by atoms with E-state index in [1.165, 1.54) is 11.1 Å². The van der Waals surface area contributed by atoms with Crippen LogP contribution in [0.2, 0.25) is 0 Å². The lowest BCUT2D eigenvalue weighted by atomic mass is 10.1. The van der Waals surface area contributed by atoms with Gasteiger partial charge in [-0.05, 0) is 30.5 Å². The van der Waals surface area contributed by atoms with E-state index >= 15 is 0 Å². The maximum Gasteiger partial charge on any atom is 0.0781 e. The van der Waals surface area contributed by atoms with E-state index in [0.717, 1.165) is 17.7 Å². The maximum atomic E-state index is 9.86. The Morgan fingerprint density at radius 3 is 2.50 bits per heavy atom. The molecule has 0 bridgehead atoms. The zero-order chi connectivity index (χ0) is 14.1. The van der Waals surface area contributed by atoms with Gasteiger partial charge in [-0.1, -0.05) is 42.5 Å². The molecule has 0 amide bonds. The molecule has 0 aromatic heterocycles. The van der Waals surface area contributed by atoms with Gasteiger partial charge in [-0.2, -0.15) is 0 Å². The van der Waals surface area contributed by atoms with Gasteiger partial charge >= 0.3 is 0 Å². The van der Waals surface area contributed by atoms with Crippen molar-refractivity contribution in [2.75, 3.05) is 5.32 Å². The molecule has 1 aliphatic rings. The lowest BCUT2D eigenvalue weighted by Gasteiger charge is -2.19. The number of benzene rings is 2. The minimum Gasteiger partial charge on any atom is -0.389 e. The Labute approximate surface area is 119 Å². The number of rotatable bonds is 3. The Morgan fingerprint density at radius 1 is 1.10 bits per heavy atom. The van der Waals surface area contributed by atoms with Gasteiger partial charge in [-0.3, -0.25) is 0 Å². The highest BCUT2D eigenvalue weighted by Crippen LogP contribution is 2.40. The maximum absolute atomic E-state index is 9.86. The van der Waals surface area contributed by atoms with Crippen molar-refractivity contribution in [1.29, 1.82) is 0 Å². The number of para-hydroxylation sites is 1. The van der Waals surface area contributed by atoms with Gasteiger partial charge in [0, 0.05) is 17.3 Å². The molecule has 0 radical (unpaired) electrons. The molecule has 3 atom stereocenters. The number of aliphatic hydroxyl groups excluding tert-OH is 1. The third kappa shape index (κ3) is 2.30. The molecule has 2 aromatic carbocycles. The number of nitrogens with one attached hydrogen (secondary N) is 1. The van der Waals surface area contributed by atoms with Crippen LogP contribution in [-0.4, -0.2) is 5.11 Å². The van der Waals surface area contributed by atoms with Crippen LogP contribution in [0, 0.1) is 0 Å². The van der Waals surface area contributed by atoms with Crippen LogP contribution in [0.15, 0.2) is 48.5 Å². The molecule has 20 heavy (non-hydrogen) atoms. The van der Waals surface area contributed by atoms with Crippen LogP contribution in [-0.2, 0) is 0 Å². The number of fused-ring (bicyclic) bond motifs is 1. The monoisotopic (exact) mass is 268 g/mol. The molecule has 2 aromatic rings. The first-order valence-electron chi connectivity index (χ1n) is 7.04. The van der Waals surface area contributed by atoms with Gasteiger partial charge in [0.2, 0.25) is 0 Å². The van der Waals surface area contributed by atoms with Crippen molar-refractivity contribution in [1.82, 2.24) is 0 Å². The standard InChI is InChI=1S/C17H20N2O/c1-11(20)12-6-4-5-9-16(12)19-17-10-15(18)13-7-2-3-8-14(13)17/h2-9,11,15,17,19-20H,10,18H2,1H3. The summed E-state index contributed by atoms with van der Waals surface area (Å²) in [7, 11) is 0. The minimum absolute atomic E-state index is 0.0856. The molecule has 3 heteroatoms. The molecule has 3 unspecified atom stereocenters. The molecular formula is C17H20N2O. The summed E-state index contributed by atoms with van der Waals surface area (Å²) in [6, 6.07) is 16.5. The summed E-state index contributed by atoms with van der Waals surface area (Å²) in [5.74, 6) is 0. The predicted molar refractivity (Wildman–Crippen MR) is 81.4 cm³/mol. The molecule has 3 nitrogen and oxygen atoms in total. The first kappa shape index (κ1) is 13.2. The molecule has 0 spiro atoms. The van der Waals surface area contributed by atoms with E-state index in [1.807, 2.05) is 36.4 Å². The van der Waals surface area contributed by atoms with Crippen LogP contribution in [0.25, 0.3) is 0 Å². The van der Waals surface area contributed by atoms with Crippen LogP contribution in [0.4, 0.5) is 5.69 Å². The Balaban J connectivity index is 1.90. The van der Waals surface area contributed by atoms with Crippen molar-refractivity contribution in [2.24, 2.45) is 5.73 Å². The van der Waals surface area contributed by atoms with Gasteiger partial charge < -0.3 is 16.2 Å². The SMILES string of the molecule is CC(O)c1ccccc1NC1CC(N)c2ccccc21. The third-order valence-corrected chi connectivity index (χ3v) is 4.00. The molecule has 1 aliphatic carbocycles. The molecule has 3 rings (SSSR count). The summed E-state index contributed by atoms with van der Waals surface area (Å²) in [5, 5.41) is 13.4. The lowest BCUT2D eigenvalue weighted by Crippen LogP contribution is -2.11. The average Bonchev–Trinajstić information content (AvgIpc) is 2.76. The van der Waals surface area contributed by atoms with Gasteiger partial charge in [0.1, 0.15) is 0 Å². The lowest BCUT2D eigenvalue weighted by molar-refractivity contribution is 0.200. The normalized spacial score (nSPS) is 22.4. The quantitative estimate of drug-likeness (QED) is 0.800. The summed E-state index contributed by atoms with van der Waals surface area (Å²) in [6.07, 6.45) is 0.400. The topological polar surface area (TPSA) is 58.3 Å². The highest BCUT2D eigenvalue weighted by molar-refractivity contribution is 5.55. The van der Waals surface area contributed by atoms with Crippen molar-refractivity contribution in [3.05, 3.63) is 65.2 Å². The first-order chi connectivity index (χ1) is 9.66. The highest BCUT2D eigenvalue weighted by Gasteiger charge is 2.28. The summed E-state index contributed by atoms with van der Waals surface area (Å²) in [4.78, 5) is 0. The molecule has 0 saturated heterocycles. The van der Waals surface area contributed by atoms with Crippen molar-refractivity contribution < 1.29 is 5.11 Å². The van der Waals surface area contributed by atoms with Crippen LogP contribution in [0.3, 0.4) is 0 Å². The molecule has 0 fully saturated rings. The van der Waals surface area contributed by atoms with Gasteiger partial charge in [-0.15, -0.1) is 0 Å². The summed E-state index contributed by atoms with van der Waals surface area (Å²) in [5.41, 5.74) is 10.6. The second-order valence-electron chi connectivity index (χ2n) is 5.43. The average molecular weight is 268 g/mol. The molecule has 0 aliphatic heterocycles. The van der Waals surface area contributed by atoms with E-state index < -0.39 is 6.10 Å². The highest BCUT2D eigenvalue weighted by atomic mass is 16.3. The van der Waals surface area contributed by atoms with Gasteiger partial charge in [0.05, 0.1) is 12.1 Å². The van der Waals surface area contributed by atoms with E-state index in [-0.39, 0.29) is 12.1 Å². The largest absolute Gasteiger partial charge is 0.389 e. The Bertz CT molecular complexity index is 609. The van der Waals surface area contributed by atoms with Crippen molar-refractivity contribution >= 4 is 5.69 Å². The second kappa shape index (κ2) is 5.27. The van der Waals surface area contributed by atoms with E-state index in [1.54, 1.807) is 6.92 Å². The number of hydrogen-bond donors (Lipinski definition) is 3. The molecule has 0 heterocycles. The smallest absolute Gasteiger partial charge is 0.0781 e. The number of nitrogens with two attached hydrogens (primary N) is 1. The molecule has 0 saturated carbocycles. The molecular weight excluding hydrogens is 248 g/mol. The van der Waals surface area contributed by atoms with E-state index in [0.29, 0.717) is 0 Å². The summed E-state index contributed by atoms with van der Waals surface area (Å²) < 4.78 is 0. The number of hydrogen-bond acceptors (Lipinski definition) is 3.